The van der Waals surface area contributed by atoms with Crippen LogP contribution in [0.1, 0.15) is 22.7 Å². The van der Waals surface area contributed by atoms with Crippen molar-refractivity contribution in [2.45, 2.75) is 18.4 Å². The molecule has 120 valence electrons. The van der Waals surface area contributed by atoms with Gasteiger partial charge in [-0.3, -0.25) is 0 Å². The second-order valence-corrected chi connectivity index (χ2v) is 4.38. The maximum absolute atomic E-state index is 12.9. The number of ether oxygens (including phenoxy) is 1. The minimum Gasteiger partial charge on any atom is -0.378 e. The first-order valence-corrected chi connectivity index (χ1v) is 5.79. The van der Waals surface area contributed by atoms with Crippen molar-refractivity contribution in [2.75, 3.05) is 19.8 Å². The van der Waals surface area contributed by atoms with Crippen LogP contribution in [0, 0.1) is 0 Å². The summed E-state index contributed by atoms with van der Waals surface area (Å²) >= 11 is 0. The standard InChI is InChI=1S/C12H11F6NO.ClH/c13-11(14,15)7-1-2-9(12(16,17)18)8(5-7)10-6-20-4-3-19-10;/h1-2,5,10,19H,3-4,6H2;1H/t10-;/m1./s1. The monoisotopic (exact) mass is 335 g/mol. The first kappa shape index (κ1) is 18.1. The topological polar surface area (TPSA) is 21.3 Å². The van der Waals surface area contributed by atoms with Crippen molar-refractivity contribution >= 4 is 12.4 Å². The van der Waals surface area contributed by atoms with Crippen LogP contribution in [0.2, 0.25) is 0 Å². The Bertz CT molecular complexity index is 482. The van der Waals surface area contributed by atoms with Gasteiger partial charge < -0.3 is 10.1 Å². The number of hydrogen-bond acceptors (Lipinski definition) is 2. The largest absolute Gasteiger partial charge is 0.416 e. The molecule has 1 atom stereocenters. The zero-order valence-electron chi connectivity index (χ0n) is 10.5. The molecule has 2 rings (SSSR count). The number of benzene rings is 1. The van der Waals surface area contributed by atoms with E-state index in [0.29, 0.717) is 24.8 Å². The van der Waals surface area contributed by atoms with Crippen molar-refractivity contribution in [3.63, 3.8) is 0 Å². The fourth-order valence-electron chi connectivity index (χ4n) is 2.05. The van der Waals surface area contributed by atoms with E-state index in [1.165, 1.54) is 0 Å². The summed E-state index contributed by atoms with van der Waals surface area (Å²) in [5.41, 5.74) is -2.62. The molecule has 0 aromatic heterocycles. The van der Waals surface area contributed by atoms with Crippen LogP contribution in [0.3, 0.4) is 0 Å². The van der Waals surface area contributed by atoms with E-state index in [9.17, 15) is 26.3 Å². The summed E-state index contributed by atoms with van der Waals surface area (Å²) < 4.78 is 81.6. The van der Waals surface area contributed by atoms with Gasteiger partial charge in [0.25, 0.3) is 0 Å². The van der Waals surface area contributed by atoms with Crippen LogP contribution in [0.4, 0.5) is 26.3 Å². The zero-order chi connectivity index (χ0) is 15.0. The van der Waals surface area contributed by atoms with Gasteiger partial charge in [-0.15, -0.1) is 12.4 Å². The van der Waals surface area contributed by atoms with Crippen molar-refractivity contribution < 1.29 is 31.1 Å². The van der Waals surface area contributed by atoms with Crippen molar-refractivity contribution in [3.8, 4) is 0 Å². The molecule has 1 heterocycles. The molecule has 0 radical (unpaired) electrons. The van der Waals surface area contributed by atoms with Crippen LogP contribution in [0.5, 0.6) is 0 Å². The molecular formula is C12H12ClF6NO. The minimum atomic E-state index is -4.71. The molecule has 1 aromatic carbocycles. The van der Waals surface area contributed by atoms with Gasteiger partial charge in [-0.05, 0) is 23.8 Å². The minimum absolute atomic E-state index is 0. The lowest BCUT2D eigenvalue weighted by Gasteiger charge is -2.27. The predicted molar refractivity (Wildman–Crippen MR) is 65.3 cm³/mol. The Labute approximate surface area is 122 Å². The highest BCUT2D eigenvalue weighted by Crippen LogP contribution is 2.38. The predicted octanol–water partition coefficient (Wildman–Crippen LogP) is 3.81. The lowest BCUT2D eigenvalue weighted by atomic mass is 9.96. The van der Waals surface area contributed by atoms with Crippen molar-refractivity contribution in [2.24, 2.45) is 0 Å². The summed E-state index contributed by atoms with van der Waals surface area (Å²) in [6.07, 6.45) is -9.40. The van der Waals surface area contributed by atoms with Crippen LogP contribution in [0.25, 0.3) is 0 Å². The third kappa shape index (κ3) is 4.24. The van der Waals surface area contributed by atoms with Crippen molar-refractivity contribution in [3.05, 3.63) is 34.9 Å². The molecule has 1 saturated heterocycles. The molecule has 0 bridgehead atoms. The smallest absolute Gasteiger partial charge is 0.378 e. The van der Waals surface area contributed by atoms with Gasteiger partial charge in [0.1, 0.15) is 0 Å². The van der Waals surface area contributed by atoms with E-state index >= 15 is 0 Å². The number of halogens is 7. The SMILES string of the molecule is Cl.FC(F)(F)c1ccc(C(F)(F)F)c([C@H]2COCCN2)c1. The summed E-state index contributed by atoms with van der Waals surface area (Å²) in [6, 6.07) is 0.544. The summed E-state index contributed by atoms with van der Waals surface area (Å²) in [6.45, 7) is 0.513. The van der Waals surface area contributed by atoms with E-state index in [0.717, 1.165) is 0 Å². The number of alkyl halides is 6. The van der Waals surface area contributed by atoms with Gasteiger partial charge in [-0.25, -0.2) is 0 Å². The third-order valence-corrected chi connectivity index (χ3v) is 2.98. The fourth-order valence-corrected chi connectivity index (χ4v) is 2.05. The van der Waals surface area contributed by atoms with Crippen LogP contribution < -0.4 is 5.32 Å². The van der Waals surface area contributed by atoms with E-state index in [1.54, 1.807) is 0 Å². The highest BCUT2D eigenvalue weighted by Gasteiger charge is 2.38. The van der Waals surface area contributed by atoms with Crippen molar-refractivity contribution in [1.29, 1.82) is 0 Å². The van der Waals surface area contributed by atoms with E-state index in [1.807, 2.05) is 0 Å². The van der Waals surface area contributed by atoms with Crippen LogP contribution >= 0.6 is 12.4 Å². The average molecular weight is 336 g/mol. The molecule has 1 N–H and O–H groups in total. The molecular weight excluding hydrogens is 324 g/mol. The molecule has 1 aromatic rings. The van der Waals surface area contributed by atoms with Crippen LogP contribution in [0.15, 0.2) is 18.2 Å². The number of hydrogen-bond donors (Lipinski definition) is 1. The maximum atomic E-state index is 12.9. The summed E-state index contributed by atoms with van der Waals surface area (Å²) in [4.78, 5) is 0. The number of nitrogens with one attached hydrogen (secondary N) is 1. The van der Waals surface area contributed by atoms with Crippen LogP contribution in [-0.2, 0) is 17.1 Å². The number of morpholine rings is 1. The summed E-state index contributed by atoms with van der Waals surface area (Å²) in [5, 5.41) is 2.73. The molecule has 1 aliphatic heterocycles. The second-order valence-electron chi connectivity index (χ2n) is 4.38. The van der Waals surface area contributed by atoms with E-state index in [-0.39, 0.29) is 25.6 Å². The molecule has 0 spiro atoms. The Morgan fingerprint density at radius 2 is 1.71 bits per heavy atom. The Hall–Kier alpha value is -0.990. The molecule has 21 heavy (non-hydrogen) atoms. The normalized spacial score (nSPS) is 20.0. The van der Waals surface area contributed by atoms with Gasteiger partial charge >= 0.3 is 12.4 Å². The number of rotatable bonds is 1. The first-order chi connectivity index (χ1) is 9.19. The Balaban J connectivity index is 0.00000220. The van der Waals surface area contributed by atoms with Gasteiger partial charge in [0, 0.05) is 6.54 Å². The molecule has 0 aliphatic carbocycles. The van der Waals surface area contributed by atoms with Gasteiger partial charge in [0.2, 0.25) is 0 Å². The molecule has 1 fully saturated rings. The maximum Gasteiger partial charge on any atom is 0.416 e. The van der Waals surface area contributed by atoms with E-state index < -0.39 is 35.1 Å². The van der Waals surface area contributed by atoms with E-state index in [4.69, 9.17) is 4.74 Å². The Morgan fingerprint density at radius 1 is 1.05 bits per heavy atom. The average Bonchev–Trinajstić information content (AvgIpc) is 2.37. The highest BCUT2D eigenvalue weighted by atomic mass is 35.5. The molecule has 0 amide bonds. The summed E-state index contributed by atoms with van der Waals surface area (Å²) in [7, 11) is 0. The van der Waals surface area contributed by atoms with Gasteiger partial charge in [-0.2, -0.15) is 26.3 Å². The molecule has 0 saturated carbocycles. The van der Waals surface area contributed by atoms with Gasteiger partial charge in [-0.1, -0.05) is 0 Å². The van der Waals surface area contributed by atoms with Gasteiger partial charge in [0.15, 0.2) is 0 Å². The van der Waals surface area contributed by atoms with Gasteiger partial charge in [0.05, 0.1) is 30.4 Å². The lowest BCUT2D eigenvalue weighted by molar-refractivity contribution is -0.142. The third-order valence-electron chi connectivity index (χ3n) is 2.98. The summed E-state index contributed by atoms with van der Waals surface area (Å²) in [5.74, 6) is 0. The molecule has 0 unspecified atom stereocenters. The van der Waals surface area contributed by atoms with Crippen LogP contribution in [-0.4, -0.2) is 19.8 Å². The highest BCUT2D eigenvalue weighted by molar-refractivity contribution is 5.85. The second kappa shape index (κ2) is 6.41. The Morgan fingerprint density at radius 3 is 2.19 bits per heavy atom. The molecule has 2 nitrogen and oxygen atoms in total. The zero-order valence-corrected chi connectivity index (χ0v) is 11.3. The lowest BCUT2D eigenvalue weighted by Crippen LogP contribution is -2.36. The Kier molecular flexibility index (Phi) is 5.51. The van der Waals surface area contributed by atoms with Crippen molar-refractivity contribution in [1.82, 2.24) is 5.32 Å². The first-order valence-electron chi connectivity index (χ1n) is 5.79. The molecule has 9 heteroatoms. The fraction of sp³-hybridized carbons (Fsp3) is 0.500. The quantitative estimate of drug-likeness (QED) is 0.788. The molecule has 1 aliphatic rings. The van der Waals surface area contributed by atoms with E-state index in [2.05, 4.69) is 5.32 Å².